The Morgan fingerprint density at radius 3 is 2.27 bits per heavy atom. The molecule has 0 saturated carbocycles. The summed E-state index contributed by atoms with van der Waals surface area (Å²) in [6.45, 7) is 8.42. The van der Waals surface area contributed by atoms with E-state index in [0.717, 1.165) is 24.3 Å². The number of nitrogens with one attached hydrogen (secondary N) is 1. The predicted molar refractivity (Wildman–Crippen MR) is 118 cm³/mol. The molecule has 0 aliphatic carbocycles. The molecule has 0 unspecified atom stereocenters. The maximum absolute atomic E-state index is 12.5. The van der Waals surface area contributed by atoms with E-state index in [-0.39, 0.29) is 17.7 Å². The molecule has 1 saturated heterocycles. The van der Waals surface area contributed by atoms with E-state index >= 15 is 0 Å². The van der Waals surface area contributed by atoms with Gasteiger partial charge in [-0.1, -0.05) is 18.2 Å². The minimum absolute atomic E-state index is 0.0280. The van der Waals surface area contributed by atoms with Crippen LogP contribution in [0.3, 0.4) is 0 Å². The van der Waals surface area contributed by atoms with Crippen LogP contribution in [-0.2, 0) is 6.54 Å². The molecule has 0 aromatic heterocycles. The topological polar surface area (TPSA) is 76.1 Å². The van der Waals surface area contributed by atoms with E-state index in [9.17, 15) is 14.7 Å². The molecule has 1 heterocycles. The van der Waals surface area contributed by atoms with Crippen molar-refractivity contribution < 1.29 is 14.7 Å². The first-order valence-electron chi connectivity index (χ1n) is 10.5. The molecular formula is C23H30N4O3. The highest BCUT2D eigenvalue weighted by atomic mass is 16.3. The lowest BCUT2D eigenvalue weighted by atomic mass is 10.1. The second kappa shape index (κ2) is 10.0. The fourth-order valence-corrected chi connectivity index (χ4v) is 3.61. The number of aromatic hydroxyl groups is 1. The molecule has 3 rings (SSSR count). The lowest BCUT2D eigenvalue weighted by Gasteiger charge is -2.36. The second-order valence-electron chi connectivity index (χ2n) is 7.33. The quantitative estimate of drug-likeness (QED) is 0.768. The van der Waals surface area contributed by atoms with Gasteiger partial charge in [-0.3, -0.25) is 4.79 Å². The Balaban J connectivity index is 1.47. The largest absolute Gasteiger partial charge is 0.508 e. The van der Waals surface area contributed by atoms with E-state index in [4.69, 9.17) is 0 Å². The highest BCUT2D eigenvalue weighted by molar-refractivity contribution is 5.94. The van der Waals surface area contributed by atoms with Crippen LogP contribution in [0.4, 0.5) is 10.5 Å². The summed E-state index contributed by atoms with van der Waals surface area (Å²) >= 11 is 0. The summed E-state index contributed by atoms with van der Waals surface area (Å²) in [4.78, 5) is 30.6. The zero-order valence-electron chi connectivity index (χ0n) is 17.7. The Labute approximate surface area is 177 Å². The number of carbonyl (C=O) groups excluding carboxylic acids is 2. The van der Waals surface area contributed by atoms with E-state index < -0.39 is 0 Å². The van der Waals surface area contributed by atoms with Crippen molar-refractivity contribution in [2.45, 2.75) is 20.4 Å². The van der Waals surface area contributed by atoms with Gasteiger partial charge < -0.3 is 25.1 Å². The third-order valence-electron chi connectivity index (χ3n) is 5.46. The zero-order valence-corrected chi connectivity index (χ0v) is 17.7. The van der Waals surface area contributed by atoms with Gasteiger partial charge in [-0.25, -0.2) is 4.79 Å². The van der Waals surface area contributed by atoms with Gasteiger partial charge in [-0.2, -0.15) is 0 Å². The lowest BCUT2D eigenvalue weighted by Crippen LogP contribution is -2.51. The van der Waals surface area contributed by atoms with Gasteiger partial charge in [0.1, 0.15) is 5.75 Å². The first-order valence-corrected chi connectivity index (χ1v) is 10.5. The van der Waals surface area contributed by atoms with Crippen LogP contribution in [0, 0.1) is 0 Å². The van der Waals surface area contributed by atoms with Gasteiger partial charge in [-0.15, -0.1) is 0 Å². The van der Waals surface area contributed by atoms with Gasteiger partial charge in [0.05, 0.1) is 0 Å². The van der Waals surface area contributed by atoms with Crippen LogP contribution in [0.1, 0.15) is 29.8 Å². The molecule has 1 aliphatic heterocycles. The third kappa shape index (κ3) is 5.23. The minimum Gasteiger partial charge on any atom is -0.508 e. The molecule has 1 fully saturated rings. The van der Waals surface area contributed by atoms with Crippen LogP contribution >= 0.6 is 0 Å². The predicted octanol–water partition coefficient (Wildman–Crippen LogP) is 2.91. The van der Waals surface area contributed by atoms with Crippen LogP contribution in [0.25, 0.3) is 0 Å². The molecule has 2 N–H and O–H groups in total. The highest BCUT2D eigenvalue weighted by Gasteiger charge is 2.21. The Bertz CT molecular complexity index is 857. The SMILES string of the molecule is CCN(CC)C(=O)c1ccc(CNC(=O)N2CCN(c3cccc(O)c3)CC2)cc1. The summed E-state index contributed by atoms with van der Waals surface area (Å²) in [7, 11) is 0. The van der Waals surface area contributed by atoms with Gasteiger partial charge in [0.15, 0.2) is 0 Å². The van der Waals surface area contributed by atoms with E-state index in [0.29, 0.717) is 38.3 Å². The van der Waals surface area contributed by atoms with E-state index in [1.807, 2.05) is 50.2 Å². The van der Waals surface area contributed by atoms with Crippen molar-refractivity contribution in [1.82, 2.24) is 15.1 Å². The molecule has 0 bridgehead atoms. The molecule has 1 aliphatic rings. The number of carbonyl (C=O) groups is 2. The first kappa shape index (κ1) is 21.5. The van der Waals surface area contributed by atoms with Gasteiger partial charge in [0, 0.05) is 63.1 Å². The van der Waals surface area contributed by atoms with Gasteiger partial charge >= 0.3 is 6.03 Å². The van der Waals surface area contributed by atoms with Crippen molar-refractivity contribution in [3.63, 3.8) is 0 Å². The maximum Gasteiger partial charge on any atom is 0.317 e. The Hall–Kier alpha value is -3.22. The number of hydrogen-bond acceptors (Lipinski definition) is 4. The molecule has 0 spiro atoms. The number of urea groups is 1. The molecule has 7 nitrogen and oxygen atoms in total. The van der Waals surface area contributed by atoms with E-state index in [2.05, 4.69) is 10.2 Å². The standard InChI is InChI=1S/C23H30N4O3/c1-3-25(4-2)22(29)19-10-8-18(9-11-19)17-24-23(30)27-14-12-26(13-15-27)20-6-5-7-21(28)16-20/h5-11,16,28H,3-4,12-15,17H2,1-2H3,(H,24,30). The number of phenolic OH excluding ortho intramolecular Hbond substituents is 1. The second-order valence-corrected chi connectivity index (χ2v) is 7.33. The Kier molecular flexibility index (Phi) is 7.17. The molecule has 0 radical (unpaired) electrons. The summed E-state index contributed by atoms with van der Waals surface area (Å²) in [5, 5.41) is 12.6. The number of phenols is 1. The number of hydrogen-bond donors (Lipinski definition) is 2. The summed E-state index contributed by atoms with van der Waals surface area (Å²) in [5.74, 6) is 0.276. The van der Waals surface area contributed by atoms with Crippen LogP contribution in [0.2, 0.25) is 0 Å². The molecule has 2 aromatic rings. The number of rotatable bonds is 6. The number of amides is 3. The normalized spacial score (nSPS) is 13.8. The number of anilines is 1. The van der Waals surface area contributed by atoms with Gasteiger partial charge in [-0.05, 0) is 43.7 Å². The molecule has 0 atom stereocenters. The smallest absolute Gasteiger partial charge is 0.317 e. The summed E-state index contributed by atoms with van der Waals surface area (Å²) < 4.78 is 0. The van der Waals surface area contributed by atoms with Crippen LogP contribution < -0.4 is 10.2 Å². The van der Waals surface area contributed by atoms with Crippen molar-refractivity contribution in [1.29, 1.82) is 0 Å². The van der Waals surface area contributed by atoms with Crippen LogP contribution in [0.5, 0.6) is 5.75 Å². The van der Waals surface area contributed by atoms with Crippen molar-refractivity contribution in [2.75, 3.05) is 44.2 Å². The summed E-state index contributed by atoms with van der Waals surface area (Å²) in [5.41, 5.74) is 2.59. The van der Waals surface area contributed by atoms with Crippen LogP contribution in [0.15, 0.2) is 48.5 Å². The van der Waals surface area contributed by atoms with Crippen molar-refractivity contribution in [3.8, 4) is 5.75 Å². The lowest BCUT2D eigenvalue weighted by molar-refractivity contribution is 0.0773. The number of nitrogens with zero attached hydrogens (tertiary/aromatic N) is 3. The monoisotopic (exact) mass is 410 g/mol. The molecule has 30 heavy (non-hydrogen) atoms. The first-order chi connectivity index (χ1) is 14.5. The fourth-order valence-electron chi connectivity index (χ4n) is 3.61. The van der Waals surface area contributed by atoms with Crippen molar-refractivity contribution in [3.05, 3.63) is 59.7 Å². The van der Waals surface area contributed by atoms with Crippen LogP contribution in [-0.4, -0.2) is 66.1 Å². The average molecular weight is 411 g/mol. The molecular weight excluding hydrogens is 380 g/mol. The zero-order chi connectivity index (χ0) is 21.5. The molecule has 160 valence electrons. The van der Waals surface area contributed by atoms with E-state index in [1.54, 1.807) is 21.9 Å². The number of piperazine rings is 1. The Morgan fingerprint density at radius 1 is 1.00 bits per heavy atom. The molecule has 3 amide bonds. The third-order valence-corrected chi connectivity index (χ3v) is 5.46. The fraction of sp³-hybridized carbons (Fsp3) is 0.391. The molecule has 2 aromatic carbocycles. The maximum atomic E-state index is 12.5. The van der Waals surface area contributed by atoms with Crippen molar-refractivity contribution >= 4 is 17.6 Å². The summed E-state index contributed by atoms with van der Waals surface area (Å²) in [6.07, 6.45) is 0. The van der Waals surface area contributed by atoms with Crippen molar-refractivity contribution in [2.24, 2.45) is 0 Å². The minimum atomic E-state index is -0.0890. The Morgan fingerprint density at radius 2 is 1.67 bits per heavy atom. The molecule has 7 heteroatoms. The summed E-state index contributed by atoms with van der Waals surface area (Å²) in [6, 6.07) is 14.5. The number of benzene rings is 2. The van der Waals surface area contributed by atoms with E-state index in [1.165, 1.54) is 0 Å². The van der Waals surface area contributed by atoms with Gasteiger partial charge in [0.25, 0.3) is 5.91 Å². The van der Waals surface area contributed by atoms with Gasteiger partial charge in [0.2, 0.25) is 0 Å². The average Bonchev–Trinajstić information content (AvgIpc) is 2.78. The highest BCUT2D eigenvalue weighted by Crippen LogP contribution is 2.21.